The summed E-state index contributed by atoms with van der Waals surface area (Å²) in [7, 11) is 0. The molecule has 1 N–H and O–H groups in total. The standard InChI is InChI=1S/C9H12F2O/c1-3-8(6-12)9(11)5-4-7(2)10/h4-5,12H,2-3,6H2,1H3/b5-4-,9-8-. The molecule has 0 amide bonds. The van der Waals surface area contributed by atoms with Crippen molar-refractivity contribution in [1.82, 2.24) is 0 Å². The van der Waals surface area contributed by atoms with Crippen LogP contribution in [0.25, 0.3) is 0 Å². The summed E-state index contributed by atoms with van der Waals surface area (Å²) in [6.07, 6.45) is 2.28. The number of aliphatic hydroxyl groups is 1. The van der Waals surface area contributed by atoms with Gasteiger partial charge in [0.15, 0.2) is 0 Å². The maximum atomic E-state index is 12.9. The summed E-state index contributed by atoms with van der Waals surface area (Å²) in [4.78, 5) is 0. The van der Waals surface area contributed by atoms with E-state index >= 15 is 0 Å². The minimum Gasteiger partial charge on any atom is -0.392 e. The van der Waals surface area contributed by atoms with Crippen LogP contribution >= 0.6 is 0 Å². The van der Waals surface area contributed by atoms with Crippen LogP contribution in [0.1, 0.15) is 13.3 Å². The highest BCUT2D eigenvalue weighted by Crippen LogP contribution is 2.11. The third-order valence-corrected chi connectivity index (χ3v) is 1.37. The average molecular weight is 174 g/mol. The van der Waals surface area contributed by atoms with Crippen molar-refractivity contribution in [2.45, 2.75) is 13.3 Å². The molecule has 0 bridgehead atoms. The molecule has 0 atom stereocenters. The highest BCUT2D eigenvalue weighted by molar-refractivity contribution is 5.23. The number of aliphatic hydroxyl groups excluding tert-OH is 1. The van der Waals surface area contributed by atoms with E-state index in [-0.39, 0.29) is 12.2 Å². The molecule has 0 aromatic carbocycles. The van der Waals surface area contributed by atoms with E-state index < -0.39 is 11.7 Å². The lowest BCUT2D eigenvalue weighted by atomic mass is 10.2. The summed E-state index contributed by atoms with van der Waals surface area (Å²) in [5, 5.41) is 8.61. The second-order valence-corrected chi connectivity index (χ2v) is 2.24. The topological polar surface area (TPSA) is 20.2 Å². The molecule has 0 aliphatic carbocycles. The fourth-order valence-electron chi connectivity index (χ4n) is 0.638. The van der Waals surface area contributed by atoms with E-state index in [1.807, 2.05) is 0 Å². The van der Waals surface area contributed by atoms with Crippen LogP contribution in [0.5, 0.6) is 0 Å². The fourth-order valence-corrected chi connectivity index (χ4v) is 0.638. The van der Waals surface area contributed by atoms with Gasteiger partial charge in [-0.15, -0.1) is 0 Å². The van der Waals surface area contributed by atoms with Crippen LogP contribution in [0.2, 0.25) is 0 Å². The number of rotatable bonds is 4. The van der Waals surface area contributed by atoms with E-state index in [9.17, 15) is 8.78 Å². The van der Waals surface area contributed by atoms with Crippen molar-refractivity contribution in [3.63, 3.8) is 0 Å². The lowest BCUT2D eigenvalue weighted by Gasteiger charge is -1.98. The molecule has 1 nitrogen and oxygen atoms in total. The van der Waals surface area contributed by atoms with Gasteiger partial charge in [0, 0.05) is 0 Å². The van der Waals surface area contributed by atoms with Gasteiger partial charge in [-0.05, 0) is 24.1 Å². The van der Waals surface area contributed by atoms with Gasteiger partial charge in [-0.2, -0.15) is 0 Å². The van der Waals surface area contributed by atoms with Gasteiger partial charge in [0.2, 0.25) is 0 Å². The van der Waals surface area contributed by atoms with Crippen molar-refractivity contribution in [1.29, 1.82) is 0 Å². The molecule has 0 fully saturated rings. The Bertz CT molecular complexity index is 211. The van der Waals surface area contributed by atoms with E-state index in [0.29, 0.717) is 6.42 Å². The van der Waals surface area contributed by atoms with Crippen LogP contribution < -0.4 is 0 Å². The molecular formula is C9H12F2O. The molecule has 3 heteroatoms. The van der Waals surface area contributed by atoms with Crippen LogP contribution in [-0.4, -0.2) is 11.7 Å². The minimum atomic E-state index is -0.710. The van der Waals surface area contributed by atoms with Gasteiger partial charge in [-0.25, -0.2) is 8.78 Å². The van der Waals surface area contributed by atoms with E-state index in [4.69, 9.17) is 5.11 Å². The maximum Gasteiger partial charge on any atom is 0.124 e. The third kappa shape index (κ3) is 4.03. The molecule has 0 aliphatic rings. The van der Waals surface area contributed by atoms with Crippen molar-refractivity contribution >= 4 is 0 Å². The zero-order valence-electron chi connectivity index (χ0n) is 6.98. The molecule has 12 heavy (non-hydrogen) atoms. The molecule has 0 saturated heterocycles. The first-order valence-corrected chi connectivity index (χ1v) is 3.62. The Morgan fingerprint density at radius 1 is 1.42 bits per heavy atom. The fraction of sp³-hybridized carbons (Fsp3) is 0.333. The van der Waals surface area contributed by atoms with Crippen LogP contribution in [0.3, 0.4) is 0 Å². The lowest BCUT2D eigenvalue weighted by Crippen LogP contribution is -1.90. The Morgan fingerprint density at radius 2 is 2.00 bits per heavy atom. The Balaban J connectivity index is 4.43. The Morgan fingerprint density at radius 3 is 2.33 bits per heavy atom. The molecular weight excluding hydrogens is 162 g/mol. The summed E-state index contributed by atoms with van der Waals surface area (Å²) in [6.45, 7) is 4.30. The van der Waals surface area contributed by atoms with Gasteiger partial charge in [0.05, 0.1) is 6.61 Å². The van der Waals surface area contributed by atoms with Crippen molar-refractivity contribution in [3.8, 4) is 0 Å². The van der Waals surface area contributed by atoms with Crippen molar-refractivity contribution in [3.05, 3.63) is 36.0 Å². The number of hydrogen-bond acceptors (Lipinski definition) is 1. The van der Waals surface area contributed by atoms with E-state index in [1.165, 1.54) is 0 Å². The smallest absolute Gasteiger partial charge is 0.124 e. The molecule has 0 aromatic heterocycles. The van der Waals surface area contributed by atoms with Gasteiger partial charge >= 0.3 is 0 Å². The largest absolute Gasteiger partial charge is 0.392 e. The highest BCUT2D eigenvalue weighted by atomic mass is 19.1. The number of allylic oxidation sites excluding steroid dienone is 4. The summed E-state index contributed by atoms with van der Waals surface area (Å²) >= 11 is 0. The molecule has 68 valence electrons. The van der Waals surface area contributed by atoms with Crippen molar-refractivity contribution in [2.24, 2.45) is 0 Å². The van der Waals surface area contributed by atoms with Gasteiger partial charge in [0.1, 0.15) is 11.7 Å². The van der Waals surface area contributed by atoms with E-state index in [2.05, 4.69) is 6.58 Å². The predicted octanol–water partition coefficient (Wildman–Crippen LogP) is 2.65. The van der Waals surface area contributed by atoms with Crippen LogP contribution in [0.4, 0.5) is 8.78 Å². The molecule has 0 rings (SSSR count). The van der Waals surface area contributed by atoms with Gasteiger partial charge in [0.25, 0.3) is 0 Å². The summed E-state index contributed by atoms with van der Waals surface area (Å²) < 4.78 is 24.9. The molecule has 0 aliphatic heterocycles. The van der Waals surface area contributed by atoms with E-state index in [1.54, 1.807) is 6.92 Å². The van der Waals surface area contributed by atoms with Crippen LogP contribution in [-0.2, 0) is 0 Å². The Hall–Kier alpha value is -0.960. The Kier molecular flexibility index (Phi) is 5.21. The quantitative estimate of drug-likeness (QED) is 0.649. The molecule has 0 radical (unpaired) electrons. The lowest BCUT2D eigenvalue weighted by molar-refractivity contribution is 0.323. The van der Waals surface area contributed by atoms with Gasteiger partial charge < -0.3 is 5.11 Å². The third-order valence-electron chi connectivity index (χ3n) is 1.37. The zero-order valence-corrected chi connectivity index (χ0v) is 6.98. The molecule has 0 aromatic rings. The average Bonchev–Trinajstić information content (AvgIpc) is 2.03. The first-order chi connectivity index (χ1) is 5.61. The zero-order chi connectivity index (χ0) is 9.56. The second kappa shape index (κ2) is 5.66. The second-order valence-electron chi connectivity index (χ2n) is 2.24. The van der Waals surface area contributed by atoms with Crippen LogP contribution in [0, 0.1) is 0 Å². The molecule has 0 spiro atoms. The molecule has 0 unspecified atom stereocenters. The number of halogens is 2. The predicted molar refractivity (Wildman–Crippen MR) is 44.9 cm³/mol. The summed E-state index contributed by atoms with van der Waals surface area (Å²) in [5.74, 6) is -1.31. The SMILES string of the molecule is C=C(F)/C=C\C(F)=C(/CC)CO. The monoisotopic (exact) mass is 174 g/mol. The Labute approximate surface area is 70.7 Å². The van der Waals surface area contributed by atoms with Crippen molar-refractivity contribution < 1.29 is 13.9 Å². The number of hydrogen-bond donors (Lipinski definition) is 1. The van der Waals surface area contributed by atoms with Crippen molar-refractivity contribution in [2.75, 3.05) is 6.61 Å². The maximum absolute atomic E-state index is 12.9. The minimum absolute atomic E-state index is 0.257. The first kappa shape index (κ1) is 11.0. The molecule has 0 heterocycles. The van der Waals surface area contributed by atoms with E-state index in [0.717, 1.165) is 12.2 Å². The first-order valence-electron chi connectivity index (χ1n) is 3.62. The van der Waals surface area contributed by atoms with Gasteiger partial charge in [-0.3, -0.25) is 0 Å². The van der Waals surface area contributed by atoms with Gasteiger partial charge in [-0.1, -0.05) is 13.5 Å². The summed E-state index contributed by atoms with van der Waals surface area (Å²) in [6, 6.07) is 0. The molecule has 0 saturated carbocycles. The van der Waals surface area contributed by atoms with Crippen LogP contribution in [0.15, 0.2) is 36.0 Å². The highest BCUT2D eigenvalue weighted by Gasteiger charge is 1.99. The summed E-state index contributed by atoms with van der Waals surface area (Å²) in [5.41, 5.74) is 0.257. The normalized spacial score (nSPS) is 13.3.